The van der Waals surface area contributed by atoms with Crippen molar-refractivity contribution in [2.75, 3.05) is 23.3 Å². The summed E-state index contributed by atoms with van der Waals surface area (Å²) < 4.78 is 82.6. The summed E-state index contributed by atoms with van der Waals surface area (Å²) in [5, 5.41) is 2.99. The summed E-state index contributed by atoms with van der Waals surface area (Å²) in [5.74, 6) is 0.339. The summed E-state index contributed by atoms with van der Waals surface area (Å²) in [4.78, 5) is 46.2. The minimum Gasteiger partial charge on any atom is -0.443 e. The maximum Gasteiger partial charge on any atom is 0.416 e. The number of fused-ring (bicyclic) bond motifs is 2. The van der Waals surface area contributed by atoms with Crippen molar-refractivity contribution in [3.63, 3.8) is 0 Å². The van der Waals surface area contributed by atoms with Gasteiger partial charge < -0.3 is 10.1 Å². The van der Waals surface area contributed by atoms with Crippen LogP contribution in [0.5, 0.6) is 0 Å². The molecule has 1 N–H and O–H groups in total. The summed E-state index contributed by atoms with van der Waals surface area (Å²) in [6.07, 6.45) is -9.01. The molecular formula is C35H30F6N4O4. The van der Waals surface area contributed by atoms with E-state index in [0.717, 1.165) is 24.3 Å². The van der Waals surface area contributed by atoms with Gasteiger partial charge in [0.15, 0.2) is 11.6 Å². The van der Waals surface area contributed by atoms with Crippen molar-refractivity contribution >= 4 is 29.3 Å². The molecule has 0 bridgehead atoms. The van der Waals surface area contributed by atoms with Crippen molar-refractivity contribution in [2.45, 2.75) is 51.6 Å². The Balaban J connectivity index is 0.000000199. The van der Waals surface area contributed by atoms with Gasteiger partial charge in [-0.15, -0.1) is 0 Å². The topological polar surface area (TPSA) is 101 Å². The third kappa shape index (κ3) is 8.24. The molecule has 0 fully saturated rings. The molecule has 2 aliphatic rings. The highest BCUT2D eigenvalue weighted by atomic mass is 19.4. The number of aromatic nitrogens is 2. The van der Waals surface area contributed by atoms with Crippen molar-refractivity contribution in [1.82, 2.24) is 9.97 Å². The molecule has 49 heavy (non-hydrogen) atoms. The second-order valence-electron chi connectivity index (χ2n) is 12.2. The molecule has 0 spiro atoms. The molecule has 2 aromatic carbocycles. The van der Waals surface area contributed by atoms with Crippen molar-refractivity contribution < 1.29 is 45.5 Å². The third-order valence-corrected chi connectivity index (χ3v) is 7.42. The van der Waals surface area contributed by atoms with Gasteiger partial charge in [-0.2, -0.15) is 26.3 Å². The molecule has 8 nitrogen and oxygen atoms in total. The smallest absolute Gasteiger partial charge is 0.416 e. The Kier molecular flexibility index (Phi) is 9.53. The first-order chi connectivity index (χ1) is 22.9. The van der Waals surface area contributed by atoms with Crippen LogP contribution in [0.3, 0.4) is 0 Å². The minimum absolute atomic E-state index is 0.00755. The zero-order valence-corrected chi connectivity index (χ0v) is 26.5. The van der Waals surface area contributed by atoms with Gasteiger partial charge in [0.05, 0.1) is 33.6 Å². The molecule has 1 amide bonds. The Morgan fingerprint density at radius 2 is 1.27 bits per heavy atom. The van der Waals surface area contributed by atoms with Crippen LogP contribution >= 0.6 is 0 Å². The van der Waals surface area contributed by atoms with Crippen molar-refractivity contribution in [3.8, 4) is 22.5 Å². The van der Waals surface area contributed by atoms with Gasteiger partial charge in [-0.25, -0.2) is 14.8 Å². The number of ketones is 2. The van der Waals surface area contributed by atoms with Crippen LogP contribution in [-0.2, 0) is 17.1 Å². The van der Waals surface area contributed by atoms with E-state index in [1.807, 2.05) is 0 Å². The summed E-state index contributed by atoms with van der Waals surface area (Å²) >= 11 is 0. The lowest BCUT2D eigenvalue weighted by Crippen LogP contribution is -2.41. The lowest BCUT2D eigenvalue weighted by molar-refractivity contribution is -0.138. The van der Waals surface area contributed by atoms with Crippen LogP contribution in [0.2, 0.25) is 0 Å². The molecule has 256 valence electrons. The summed E-state index contributed by atoms with van der Waals surface area (Å²) in [6.45, 7) is 5.73. The van der Waals surface area contributed by atoms with Crippen LogP contribution in [0.15, 0.2) is 72.8 Å². The van der Waals surface area contributed by atoms with E-state index in [1.54, 1.807) is 39.0 Å². The maximum absolute atomic E-state index is 13.0. The maximum atomic E-state index is 13.0. The van der Waals surface area contributed by atoms with Gasteiger partial charge in [0.25, 0.3) is 0 Å². The van der Waals surface area contributed by atoms with E-state index in [-0.39, 0.29) is 47.2 Å². The van der Waals surface area contributed by atoms with Gasteiger partial charge in [0.2, 0.25) is 0 Å². The fraction of sp³-hybridized carbons (Fsp3) is 0.286. The zero-order chi connectivity index (χ0) is 35.7. The molecule has 0 saturated carbocycles. The lowest BCUT2D eigenvalue weighted by atomic mass is 10.0. The Morgan fingerprint density at radius 1 is 0.735 bits per heavy atom. The highest BCUT2D eigenvalue weighted by Crippen LogP contribution is 2.35. The number of benzene rings is 2. The fourth-order valence-electron chi connectivity index (χ4n) is 5.10. The quantitative estimate of drug-likeness (QED) is 0.211. The normalized spacial score (nSPS) is 14.6. The Bertz CT molecular complexity index is 1920. The van der Waals surface area contributed by atoms with Crippen molar-refractivity contribution in [1.29, 1.82) is 0 Å². The number of Topliss-reactive ketones (excluding diaryl/α,β-unsaturated/α-hetero) is 2. The van der Waals surface area contributed by atoms with Crippen LogP contribution in [-0.4, -0.2) is 46.3 Å². The van der Waals surface area contributed by atoms with E-state index < -0.39 is 35.2 Å². The highest BCUT2D eigenvalue weighted by Gasteiger charge is 2.34. The number of rotatable bonds is 2. The molecule has 0 atom stereocenters. The highest BCUT2D eigenvalue weighted by molar-refractivity contribution is 6.07. The predicted molar refractivity (Wildman–Crippen MR) is 169 cm³/mol. The number of nitrogens with zero attached hydrogens (tertiary/aromatic N) is 3. The molecule has 4 aromatic rings. The van der Waals surface area contributed by atoms with E-state index in [4.69, 9.17) is 4.74 Å². The molecule has 0 aliphatic carbocycles. The molecule has 4 heterocycles. The number of pyridine rings is 2. The summed E-state index contributed by atoms with van der Waals surface area (Å²) in [6, 6.07) is 15.8. The average molecular weight is 685 g/mol. The molecule has 0 radical (unpaired) electrons. The third-order valence-electron chi connectivity index (χ3n) is 7.42. The van der Waals surface area contributed by atoms with E-state index in [0.29, 0.717) is 35.6 Å². The van der Waals surface area contributed by atoms with Gasteiger partial charge in [0, 0.05) is 37.1 Å². The van der Waals surface area contributed by atoms with Crippen LogP contribution in [0.25, 0.3) is 22.5 Å². The van der Waals surface area contributed by atoms with Crippen molar-refractivity contribution in [3.05, 3.63) is 95.1 Å². The number of nitrogens with one attached hydrogen (secondary N) is 1. The van der Waals surface area contributed by atoms with Crippen LogP contribution in [0.4, 0.5) is 42.8 Å². The molecule has 0 unspecified atom stereocenters. The molecule has 0 saturated heterocycles. The van der Waals surface area contributed by atoms with Crippen LogP contribution in [0, 0.1) is 0 Å². The second kappa shape index (κ2) is 13.3. The van der Waals surface area contributed by atoms with E-state index >= 15 is 0 Å². The van der Waals surface area contributed by atoms with Gasteiger partial charge in [-0.3, -0.25) is 14.5 Å². The number of hydrogen-bond acceptors (Lipinski definition) is 7. The molecular weight excluding hydrogens is 654 g/mol. The van der Waals surface area contributed by atoms with Crippen molar-refractivity contribution in [2.24, 2.45) is 0 Å². The molecule has 14 heteroatoms. The number of amides is 1. The van der Waals surface area contributed by atoms with E-state index in [1.165, 1.54) is 35.2 Å². The van der Waals surface area contributed by atoms with Crippen LogP contribution in [0.1, 0.15) is 65.5 Å². The Morgan fingerprint density at radius 3 is 1.82 bits per heavy atom. The van der Waals surface area contributed by atoms with E-state index in [9.17, 15) is 40.7 Å². The van der Waals surface area contributed by atoms with Gasteiger partial charge in [-0.1, -0.05) is 24.3 Å². The minimum atomic E-state index is -4.48. The first-order valence-electron chi connectivity index (χ1n) is 15.1. The standard InChI is InChI=1S/C20H19F3N2O3.C15H11F3N2O/c1-19(2,3)28-18(27)25-10-9-16(26)14-7-8-15(24-17(14)25)12-5-4-6-13(11-12)20(21,22)23;16-15(17,18)10-3-1-2-9(8-10)12-5-4-11-13(21)6-7-19-14(11)20-12/h4-8,11H,9-10H2,1-3H3;1-5,8H,6-7H2,(H,19,20). The Hall–Kier alpha value is -5.27. The number of alkyl halides is 6. The zero-order valence-electron chi connectivity index (χ0n) is 26.5. The largest absolute Gasteiger partial charge is 0.443 e. The molecule has 6 rings (SSSR count). The SMILES string of the molecule is CC(C)(C)OC(=O)N1CCC(=O)c2ccc(-c3cccc(C(F)(F)F)c3)nc21.O=C1CCNc2nc(-c3cccc(C(F)(F)F)c3)ccc21. The first kappa shape index (κ1) is 35.0. The van der Waals surface area contributed by atoms with E-state index in [2.05, 4.69) is 15.3 Å². The number of carbonyl (C=O) groups excluding carboxylic acids is 3. The predicted octanol–water partition coefficient (Wildman–Crippen LogP) is 8.86. The van der Waals surface area contributed by atoms with Gasteiger partial charge in [0.1, 0.15) is 17.2 Å². The van der Waals surface area contributed by atoms with Gasteiger partial charge >= 0.3 is 18.4 Å². The average Bonchev–Trinajstić information content (AvgIpc) is 3.03. The lowest BCUT2D eigenvalue weighted by Gasteiger charge is -2.30. The monoisotopic (exact) mass is 684 g/mol. The first-order valence-corrected chi connectivity index (χ1v) is 15.1. The summed E-state index contributed by atoms with van der Waals surface area (Å²) in [5.41, 5.74) is -0.294. The number of carbonyl (C=O) groups is 3. The molecule has 2 aliphatic heterocycles. The number of anilines is 2. The second-order valence-corrected chi connectivity index (χ2v) is 12.2. The van der Waals surface area contributed by atoms with Gasteiger partial charge in [-0.05, 0) is 69.3 Å². The number of hydrogen-bond donors (Lipinski definition) is 1. The fourth-order valence-corrected chi connectivity index (χ4v) is 5.10. The number of halogens is 6. The summed E-state index contributed by atoms with van der Waals surface area (Å²) in [7, 11) is 0. The Labute approximate surface area is 277 Å². The van der Waals surface area contributed by atoms with Crippen LogP contribution < -0.4 is 10.2 Å². The molecule has 2 aromatic heterocycles. The number of ether oxygens (including phenoxy) is 1.